The Morgan fingerprint density at radius 1 is 1.06 bits per heavy atom. The molecule has 0 amide bonds. The Labute approximate surface area is 184 Å². The number of hydrogen-bond donors (Lipinski definition) is 2. The highest BCUT2D eigenvalue weighted by molar-refractivity contribution is 7.92. The number of aryl methyl sites for hydroxylation is 1. The lowest BCUT2D eigenvalue weighted by atomic mass is 9.99. The standard InChI is InChI=1S/C23H22F2N2O4S/c1-3-32(29,30)27-16-7-9-21(31-22-8-6-15(24)10-20(22)25)19(11-16)17-12-18(14-4-5-14)23(28)26-13(17)2/h6-12,14,27H,3-5H2,1-2H3,(H,26,28). The number of aromatic nitrogens is 1. The molecule has 168 valence electrons. The molecule has 1 aliphatic carbocycles. The van der Waals surface area contributed by atoms with Gasteiger partial charge in [-0.25, -0.2) is 17.2 Å². The summed E-state index contributed by atoms with van der Waals surface area (Å²) < 4.78 is 59.9. The van der Waals surface area contributed by atoms with Crippen LogP contribution in [0.4, 0.5) is 14.5 Å². The van der Waals surface area contributed by atoms with Crippen molar-refractivity contribution in [1.82, 2.24) is 4.98 Å². The predicted molar refractivity (Wildman–Crippen MR) is 119 cm³/mol. The molecule has 2 N–H and O–H groups in total. The first kappa shape index (κ1) is 22.0. The molecule has 1 aromatic heterocycles. The molecule has 32 heavy (non-hydrogen) atoms. The molecule has 0 saturated heterocycles. The molecular weight excluding hydrogens is 438 g/mol. The summed E-state index contributed by atoms with van der Waals surface area (Å²) in [5.41, 5.74) is 2.42. The predicted octanol–water partition coefficient (Wildman–Crippen LogP) is 5.06. The quantitative estimate of drug-likeness (QED) is 0.516. The molecule has 6 nitrogen and oxygen atoms in total. The topological polar surface area (TPSA) is 88.3 Å². The second-order valence-electron chi connectivity index (χ2n) is 7.76. The zero-order chi connectivity index (χ0) is 23.0. The second-order valence-corrected chi connectivity index (χ2v) is 9.77. The average Bonchev–Trinajstić information content (AvgIpc) is 3.56. The number of rotatable bonds is 7. The highest BCUT2D eigenvalue weighted by atomic mass is 32.2. The molecule has 0 radical (unpaired) electrons. The number of aromatic amines is 1. The van der Waals surface area contributed by atoms with Crippen molar-refractivity contribution in [2.75, 3.05) is 10.5 Å². The molecule has 1 heterocycles. The maximum Gasteiger partial charge on any atom is 0.251 e. The summed E-state index contributed by atoms with van der Waals surface area (Å²) in [7, 11) is -3.53. The average molecular weight is 461 g/mol. The first-order valence-electron chi connectivity index (χ1n) is 10.2. The van der Waals surface area contributed by atoms with Crippen LogP contribution in [0.5, 0.6) is 11.5 Å². The molecule has 0 bridgehead atoms. The largest absolute Gasteiger partial charge is 0.454 e. The molecule has 1 saturated carbocycles. The third-order valence-electron chi connectivity index (χ3n) is 5.32. The van der Waals surface area contributed by atoms with Crippen LogP contribution in [0.3, 0.4) is 0 Å². The summed E-state index contributed by atoms with van der Waals surface area (Å²) in [6.07, 6.45) is 1.85. The summed E-state index contributed by atoms with van der Waals surface area (Å²) in [5.74, 6) is -1.48. The van der Waals surface area contributed by atoms with Gasteiger partial charge in [0.05, 0.1) is 5.75 Å². The number of hydrogen-bond acceptors (Lipinski definition) is 4. The fraction of sp³-hybridized carbons (Fsp3) is 0.261. The highest BCUT2D eigenvalue weighted by Gasteiger charge is 2.27. The van der Waals surface area contributed by atoms with Gasteiger partial charge in [0.25, 0.3) is 5.56 Å². The van der Waals surface area contributed by atoms with Crippen molar-refractivity contribution in [3.8, 4) is 22.6 Å². The first-order chi connectivity index (χ1) is 15.2. The number of H-pyrrole nitrogens is 1. The number of anilines is 1. The van der Waals surface area contributed by atoms with Crippen LogP contribution >= 0.6 is 0 Å². The van der Waals surface area contributed by atoms with E-state index in [2.05, 4.69) is 9.71 Å². The van der Waals surface area contributed by atoms with Crippen LogP contribution in [0.25, 0.3) is 11.1 Å². The summed E-state index contributed by atoms with van der Waals surface area (Å²) in [6.45, 7) is 3.24. The fourth-order valence-corrected chi connectivity index (χ4v) is 4.07. The Kier molecular flexibility index (Phi) is 5.77. The molecule has 2 aromatic carbocycles. The van der Waals surface area contributed by atoms with Crippen LogP contribution in [0.15, 0.2) is 47.3 Å². The van der Waals surface area contributed by atoms with E-state index in [1.165, 1.54) is 25.1 Å². The SMILES string of the molecule is CCS(=O)(=O)Nc1ccc(Oc2ccc(F)cc2F)c(-c2cc(C3CC3)c(=O)[nH]c2C)c1. The number of ether oxygens (including phenoxy) is 1. The summed E-state index contributed by atoms with van der Waals surface area (Å²) in [5, 5.41) is 0. The molecule has 9 heteroatoms. The van der Waals surface area contributed by atoms with Crippen molar-refractivity contribution in [3.05, 3.63) is 75.7 Å². The van der Waals surface area contributed by atoms with Crippen LogP contribution in [-0.2, 0) is 10.0 Å². The van der Waals surface area contributed by atoms with Crippen molar-refractivity contribution in [1.29, 1.82) is 0 Å². The summed E-state index contributed by atoms with van der Waals surface area (Å²) in [4.78, 5) is 15.2. The van der Waals surface area contributed by atoms with Crippen LogP contribution in [0.2, 0.25) is 0 Å². The smallest absolute Gasteiger partial charge is 0.251 e. The van der Waals surface area contributed by atoms with E-state index in [1.54, 1.807) is 19.1 Å². The van der Waals surface area contributed by atoms with E-state index in [9.17, 15) is 22.0 Å². The molecule has 0 aliphatic heterocycles. The van der Waals surface area contributed by atoms with E-state index in [4.69, 9.17) is 4.74 Å². The van der Waals surface area contributed by atoms with Gasteiger partial charge in [0.2, 0.25) is 10.0 Å². The lowest BCUT2D eigenvalue weighted by Gasteiger charge is -2.16. The zero-order valence-corrected chi connectivity index (χ0v) is 18.4. The van der Waals surface area contributed by atoms with Gasteiger partial charge in [-0.1, -0.05) is 0 Å². The molecule has 3 aromatic rings. The first-order valence-corrected chi connectivity index (χ1v) is 11.8. The van der Waals surface area contributed by atoms with Crippen LogP contribution in [-0.4, -0.2) is 19.2 Å². The summed E-state index contributed by atoms with van der Waals surface area (Å²) >= 11 is 0. The second kappa shape index (κ2) is 8.38. The minimum Gasteiger partial charge on any atom is -0.454 e. The fourth-order valence-electron chi connectivity index (χ4n) is 3.44. The zero-order valence-electron chi connectivity index (χ0n) is 17.5. The van der Waals surface area contributed by atoms with Gasteiger partial charge in [0.1, 0.15) is 11.6 Å². The summed E-state index contributed by atoms with van der Waals surface area (Å²) in [6, 6.07) is 9.32. The van der Waals surface area contributed by atoms with Crippen molar-refractivity contribution in [2.45, 2.75) is 32.6 Å². The van der Waals surface area contributed by atoms with Crippen LogP contribution in [0, 0.1) is 18.6 Å². The van der Waals surface area contributed by atoms with E-state index < -0.39 is 21.7 Å². The van der Waals surface area contributed by atoms with Crippen LogP contribution < -0.4 is 15.0 Å². The molecule has 0 spiro atoms. The molecule has 0 atom stereocenters. The third kappa shape index (κ3) is 4.67. The molecule has 4 rings (SSSR count). The van der Waals surface area contributed by atoms with Crippen molar-refractivity contribution in [3.63, 3.8) is 0 Å². The molecule has 1 fully saturated rings. The third-order valence-corrected chi connectivity index (χ3v) is 6.63. The lowest BCUT2D eigenvalue weighted by Crippen LogP contribution is -2.15. The van der Waals surface area contributed by atoms with E-state index in [0.29, 0.717) is 28.1 Å². The van der Waals surface area contributed by atoms with Gasteiger partial charge in [-0.2, -0.15) is 0 Å². The molecular formula is C23H22F2N2O4S. The normalized spacial score (nSPS) is 13.8. The van der Waals surface area contributed by atoms with Crippen molar-refractivity contribution >= 4 is 15.7 Å². The Morgan fingerprint density at radius 3 is 2.44 bits per heavy atom. The minimum atomic E-state index is -3.53. The van der Waals surface area contributed by atoms with Gasteiger partial charge in [0, 0.05) is 34.1 Å². The number of nitrogens with one attached hydrogen (secondary N) is 2. The number of pyridine rings is 1. The Balaban J connectivity index is 1.85. The van der Waals surface area contributed by atoms with Crippen molar-refractivity contribution in [2.24, 2.45) is 0 Å². The van der Waals surface area contributed by atoms with Gasteiger partial charge >= 0.3 is 0 Å². The number of sulfonamides is 1. The van der Waals surface area contributed by atoms with Gasteiger partial charge in [0.15, 0.2) is 11.6 Å². The number of benzene rings is 2. The molecule has 0 unspecified atom stereocenters. The van der Waals surface area contributed by atoms with Gasteiger partial charge in [-0.3, -0.25) is 9.52 Å². The molecule has 1 aliphatic rings. The van der Waals surface area contributed by atoms with Crippen molar-refractivity contribution < 1.29 is 21.9 Å². The van der Waals surface area contributed by atoms with E-state index in [-0.39, 0.29) is 28.7 Å². The maximum atomic E-state index is 14.2. The van der Waals surface area contributed by atoms with E-state index in [1.807, 2.05) is 0 Å². The van der Waals surface area contributed by atoms with Crippen LogP contribution in [0.1, 0.15) is 36.9 Å². The highest BCUT2D eigenvalue weighted by Crippen LogP contribution is 2.42. The monoisotopic (exact) mass is 460 g/mol. The van der Waals surface area contributed by atoms with E-state index in [0.717, 1.165) is 25.0 Å². The van der Waals surface area contributed by atoms with Gasteiger partial charge in [-0.15, -0.1) is 0 Å². The Hall–Kier alpha value is -3.20. The Bertz CT molecular complexity index is 1350. The maximum absolute atomic E-state index is 14.2. The van der Waals surface area contributed by atoms with E-state index >= 15 is 0 Å². The lowest BCUT2D eigenvalue weighted by molar-refractivity contribution is 0.439. The minimum absolute atomic E-state index is 0.106. The van der Waals surface area contributed by atoms with Gasteiger partial charge < -0.3 is 9.72 Å². The Morgan fingerprint density at radius 2 is 1.78 bits per heavy atom. The van der Waals surface area contributed by atoms with Gasteiger partial charge in [-0.05, 0) is 69.0 Å². The number of halogens is 2.